The first-order chi connectivity index (χ1) is 19.2. The summed E-state index contributed by atoms with van der Waals surface area (Å²) in [5, 5.41) is 0. The fourth-order valence-electron chi connectivity index (χ4n) is 5.24. The third-order valence-electron chi connectivity index (χ3n) is 7.02. The van der Waals surface area contributed by atoms with Crippen molar-refractivity contribution in [3.05, 3.63) is 129 Å². The van der Waals surface area contributed by atoms with Crippen LogP contribution in [-0.2, 0) is 17.6 Å². The summed E-state index contributed by atoms with van der Waals surface area (Å²) in [6.07, 6.45) is 4.73. The molecular weight excluding hydrogens is 581 g/mol. The molecule has 5 rings (SSSR count). The van der Waals surface area contributed by atoms with Gasteiger partial charge in [-0.2, -0.15) is 0 Å². The Morgan fingerprint density at radius 3 is 2.48 bits per heavy atom. The maximum atomic E-state index is 14.2. The first-order valence-electron chi connectivity index (χ1n) is 12.7. The van der Waals surface area contributed by atoms with Crippen LogP contribution in [0.2, 0.25) is 0 Å². The summed E-state index contributed by atoms with van der Waals surface area (Å²) in [6, 6.07) is 16.7. The number of amides is 1. The number of aromatic nitrogens is 1. The number of allylic oxidation sites excluding steroid dienone is 2. The second-order valence-corrected chi connectivity index (χ2v) is 10.7. The highest BCUT2D eigenvalue weighted by molar-refractivity contribution is 9.10. The molecule has 0 fully saturated rings. The highest BCUT2D eigenvalue weighted by Crippen LogP contribution is 2.36. The molecule has 0 bridgehead atoms. The predicted molar refractivity (Wildman–Crippen MR) is 151 cm³/mol. The highest BCUT2D eigenvalue weighted by atomic mass is 79.9. The van der Waals surface area contributed by atoms with Crippen LogP contribution < -0.4 is 5.73 Å². The van der Waals surface area contributed by atoms with E-state index >= 15 is 0 Å². The summed E-state index contributed by atoms with van der Waals surface area (Å²) >= 11 is 3.49. The Bertz CT molecular complexity index is 1650. The molecule has 0 saturated carbocycles. The van der Waals surface area contributed by atoms with Crippen LogP contribution in [0.3, 0.4) is 0 Å². The summed E-state index contributed by atoms with van der Waals surface area (Å²) < 4.78 is 43.3. The number of rotatable bonds is 9. The van der Waals surface area contributed by atoms with Gasteiger partial charge in [0.25, 0.3) is 5.91 Å². The van der Waals surface area contributed by atoms with Crippen molar-refractivity contribution in [1.82, 2.24) is 4.98 Å². The maximum Gasteiger partial charge on any atom is 0.251 e. The lowest BCUT2D eigenvalue weighted by atomic mass is 9.85. The van der Waals surface area contributed by atoms with E-state index in [2.05, 4.69) is 20.9 Å². The van der Waals surface area contributed by atoms with Crippen molar-refractivity contribution in [3.63, 3.8) is 0 Å². The smallest absolute Gasteiger partial charge is 0.251 e. The normalized spacial score (nSPS) is 13.1. The van der Waals surface area contributed by atoms with Gasteiger partial charge in [0.05, 0.1) is 11.3 Å². The number of nitrogens with two attached hydrogens (primary N) is 1. The average molecular weight is 605 g/mol. The number of ketones is 1. The molecule has 1 aliphatic rings. The third kappa shape index (κ3) is 6.07. The van der Waals surface area contributed by atoms with E-state index in [1.54, 1.807) is 18.3 Å². The zero-order valence-electron chi connectivity index (χ0n) is 21.3. The standard InChI is InChI=1S/C32H24BrF3N2O2/c33-23-7-5-19-3-4-20(28(19)16-23)13-26(39)14-22(10-18-11-24(34)17-25(35)12-18)31-27(2-1-9-38-31)21-6-8-30(36)29(15-21)32(37)40/h1-2,4-9,11-12,15-17,22H,3,10,13-14H2,(H2,37,40)/t22-/m1/s1. The molecule has 2 N–H and O–H groups in total. The molecule has 0 aliphatic heterocycles. The van der Waals surface area contributed by atoms with Crippen molar-refractivity contribution in [2.75, 3.05) is 0 Å². The first-order valence-corrected chi connectivity index (χ1v) is 13.5. The third-order valence-corrected chi connectivity index (χ3v) is 7.51. The van der Waals surface area contributed by atoms with E-state index in [-0.39, 0.29) is 30.6 Å². The van der Waals surface area contributed by atoms with Crippen LogP contribution in [0, 0.1) is 17.5 Å². The predicted octanol–water partition coefficient (Wildman–Crippen LogP) is 7.34. The fraction of sp³-hybridized carbons (Fsp3) is 0.156. The number of halogens is 4. The van der Waals surface area contributed by atoms with Gasteiger partial charge in [0.2, 0.25) is 0 Å². The molecule has 0 radical (unpaired) electrons. The van der Waals surface area contributed by atoms with Crippen LogP contribution in [0.4, 0.5) is 13.2 Å². The molecule has 4 aromatic rings. The number of pyridine rings is 1. The van der Waals surface area contributed by atoms with Crippen LogP contribution in [0.5, 0.6) is 0 Å². The molecule has 0 saturated heterocycles. The van der Waals surface area contributed by atoms with Crippen LogP contribution in [-0.4, -0.2) is 16.7 Å². The Morgan fingerprint density at radius 2 is 1.73 bits per heavy atom. The molecule has 1 aromatic heterocycles. The average Bonchev–Trinajstić information content (AvgIpc) is 3.29. The Labute approximate surface area is 237 Å². The number of hydrogen-bond acceptors (Lipinski definition) is 3. The van der Waals surface area contributed by atoms with Crippen LogP contribution in [0.25, 0.3) is 16.7 Å². The Morgan fingerprint density at radius 1 is 0.950 bits per heavy atom. The van der Waals surface area contributed by atoms with Gasteiger partial charge in [-0.05, 0) is 83.1 Å². The summed E-state index contributed by atoms with van der Waals surface area (Å²) in [6.45, 7) is 0. The van der Waals surface area contributed by atoms with Crippen molar-refractivity contribution in [3.8, 4) is 11.1 Å². The van der Waals surface area contributed by atoms with Gasteiger partial charge in [0.15, 0.2) is 0 Å². The minimum Gasteiger partial charge on any atom is -0.366 e. The van der Waals surface area contributed by atoms with Crippen molar-refractivity contribution in [2.45, 2.75) is 31.6 Å². The summed E-state index contributed by atoms with van der Waals surface area (Å²) in [5.41, 5.74) is 10.1. The minimum atomic E-state index is -0.913. The van der Waals surface area contributed by atoms with E-state index < -0.39 is 29.3 Å². The maximum absolute atomic E-state index is 14.2. The zero-order chi connectivity index (χ0) is 28.4. The van der Waals surface area contributed by atoms with E-state index in [9.17, 15) is 22.8 Å². The van der Waals surface area contributed by atoms with Gasteiger partial charge in [-0.1, -0.05) is 40.2 Å². The lowest BCUT2D eigenvalue weighted by Crippen LogP contribution is -2.14. The lowest BCUT2D eigenvalue weighted by molar-refractivity contribution is -0.118. The molecule has 40 heavy (non-hydrogen) atoms. The Balaban J connectivity index is 1.50. The largest absolute Gasteiger partial charge is 0.366 e. The van der Waals surface area contributed by atoms with Crippen LogP contribution in [0.1, 0.15) is 51.5 Å². The van der Waals surface area contributed by atoms with Crippen molar-refractivity contribution < 1.29 is 22.8 Å². The topological polar surface area (TPSA) is 73.1 Å². The van der Waals surface area contributed by atoms with Gasteiger partial charge < -0.3 is 5.73 Å². The van der Waals surface area contributed by atoms with Crippen LogP contribution in [0.15, 0.2) is 83.5 Å². The second-order valence-electron chi connectivity index (χ2n) is 9.83. The number of carbonyl (C=O) groups excluding carboxylic acids is 2. The minimum absolute atomic E-state index is 0.0483. The second kappa shape index (κ2) is 11.6. The number of carbonyl (C=O) groups is 2. The SMILES string of the molecule is NC(=O)c1cc(-c2cccnc2[C@@H](CC(=O)CC2=CCc3ccc(Br)cc32)Cc2cc(F)cc(F)c2)ccc1F. The van der Waals surface area contributed by atoms with Crippen molar-refractivity contribution in [1.29, 1.82) is 0 Å². The number of fused-ring (bicyclic) bond motifs is 1. The van der Waals surface area contributed by atoms with E-state index in [4.69, 9.17) is 5.73 Å². The van der Waals surface area contributed by atoms with Gasteiger partial charge >= 0.3 is 0 Å². The van der Waals surface area contributed by atoms with Crippen molar-refractivity contribution in [2.24, 2.45) is 5.73 Å². The molecule has 0 unspecified atom stereocenters. The molecule has 1 amide bonds. The Kier molecular flexibility index (Phi) is 7.98. The highest BCUT2D eigenvalue weighted by Gasteiger charge is 2.25. The van der Waals surface area contributed by atoms with Crippen LogP contribution >= 0.6 is 15.9 Å². The quantitative estimate of drug-likeness (QED) is 0.217. The molecule has 0 spiro atoms. The Hall–Kier alpha value is -4.04. The molecule has 1 heterocycles. The molecular formula is C32H24BrF3N2O2. The van der Waals surface area contributed by atoms with E-state index in [1.165, 1.54) is 24.3 Å². The van der Waals surface area contributed by atoms with Gasteiger partial charge in [-0.25, -0.2) is 13.2 Å². The van der Waals surface area contributed by atoms with E-state index in [1.807, 2.05) is 24.3 Å². The molecule has 3 aromatic carbocycles. The molecule has 8 heteroatoms. The van der Waals surface area contributed by atoms with Gasteiger partial charge in [0.1, 0.15) is 23.2 Å². The van der Waals surface area contributed by atoms with Crippen molar-refractivity contribution >= 4 is 33.2 Å². The lowest BCUT2D eigenvalue weighted by Gasteiger charge is -2.20. The number of nitrogens with zero attached hydrogens (tertiary/aromatic N) is 1. The molecule has 202 valence electrons. The van der Waals surface area contributed by atoms with Gasteiger partial charge in [0, 0.05) is 41.1 Å². The van der Waals surface area contributed by atoms with E-state index in [0.717, 1.165) is 39.7 Å². The van der Waals surface area contributed by atoms with Gasteiger partial charge in [-0.3, -0.25) is 14.6 Å². The number of hydrogen-bond donors (Lipinski definition) is 1. The molecule has 1 aliphatic carbocycles. The monoisotopic (exact) mass is 604 g/mol. The number of primary amides is 1. The number of Topliss-reactive ketones (excluding diaryl/α,β-unsaturated/α-hetero) is 1. The summed E-state index contributed by atoms with van der Waals surface area (Å²) in [4.78, 5) is 29.8. The number of benzene rings is 3. The summed E-state index contributed by atoms with van der Waals surface area (Å²) in [7, 11) is 0. The first kappa shape index (κ1) is 27.5. The van der Waals surface area contributed by atoms with E-state index in [0.29, 0.717) is 22.4 Å². The molecule has 4 nitrogen and oxygen atoms in total. The zero-order valence-corrected chi connectivity index (χ0v) is 22.9. The fourth-order valence-corrected chi connectivity index (χ4v) is 5.60. The summed E-state index contributed by atoms with van der Waals surface area (Å²) in [5.74, 6) is -3.72. The van der Waals surface area contributed by atoms with Gasteiger partial charge in [-0.15, -0.1) is 0 Å². The molecule has 1 atom stereocenters.